The summed E-state index contributed by atoms with van der Waals surface area (Å²) in [5, 5.41) is 11.2. The molecular formula is C18H27N5O4. The summed E-state index contributed by atoms with van der Waals surface area (Å²) in [5.41, 5.74) is -0.257. The predicted molar refractivity (Wildman–Crippen MR) is 104 cm³/mol. The summed E-state index contributed by atoms with van der Waals surface area (Å²) in [7, 11) is 3.67. The third kappa shape index (κ3) is 5.83. The molecule has 1 aromatic heterocycles. The molecule has 27 heavy (non-hydrogen) atoms. The van der Waals surface area contributed by atoms with E-state index in [1.807, 2.05) is 39.8 Å². The van der Waals surface area contributed by atoms with Crippen LogP contribution >= 0.6 is 0 Å². The second kappa shape index (κ2) is 8.24. The Labute approximate surface area is 159 Å². The van der Waals surface area contributed by atoms with E-state index in [9.17, 15) is 14.9 Å². The largest absolute Gasteiger partial charge is 0.444 e. The number of amides is 1. The highest BCUT2D eigenvalue weighted by atomic mass is 16.6. The number of aromatic nitrogens is 1. The lowest BCUT2D eigenvalue weighted by Gasteiger charge is -2.36. The highest BCUT2D eigenvalue weighted by Gasteiger charge is 2.27. The Kier molecular flexibility index (Phi) is 6.24. The van der Waals surface area contributed by atoms with Crippen molar-refractivity contribution in [1.29, 1.82) is 0 Å². The van der Waals surface area contributed by atoms with Gasteiger partial charge in [0.25, 0.3) is 5.69 Å². The fraction of sp³-hybridized carbons (Fsp3) is 0.556. The van der Waals surface area contributed by atoms with Crippen LogP contribution in [0.5, 0.6) is 0 Å². The van der Waals surface area contributed by atoms with E-state index < -0.39 is 10.5 Å². The number of hydrogen-bond donors (Lipinski definition) is 0. The zero-order valence-electron chi connectivity index (χ0n) is 16.5. The van der Waals surface area contributed by atoms with Crippen LogP contribution in [0.1, 0.15) is 26.5 Å². The average Bonchev–Trinajstić information content (AvgIpc) is 2.58. The number of carbonyl (C=O) groups excluding carboxylic acids is 1. The van der Waals surface area contributed by atoms with Gasteiger partial charge >= 0.3 is 6.09 Å². The van der Waals surface area contributed by atoms with Crippen molar-refractivity contribution in [3.63, 3.8) is 0 Å². The molecular weight excluding hydrogens is 350 g/mol. The molecule has 1 fully saturated rings. The van der Waals surface area contributed by atoms with Crippen LogP contribution in [-0.2, 0) is 4.74 Å². The standard InChI is InChI=1S/C18H27N5O4/c1-18(2,3)27-17(24)22-12-10-21(11-13-22)16-7-6-15(23(25)26)14(19-16)8-9-20(4)5/h6-9H,10-13H2,1-5H3. The molecule has 9 heteroatoms. The van der Waals surface area contributed by atoms with E-state index in [-0.39, 0.29) is 11.8 Å². The Bertz CT molecular complexity index is 719. The minimum absolute atomic E-state index is 0.0377. The van der Waals surface area contributed by atoms with Gasteiger partial charge in [0.2, 0.25) is 0 Å². The van der Waals surface area contributed by atoms with Crippen molar-refractivity contribution in [2.75, 3.05) is 45.2 Å². The van der Waals surface area contributed by atoms with E-state index in [1.165, 1.54) is 6.07 Å². The summed E-state index contributed by atoms with van der Waals surface area (Å²) in [5.74, 6) is 0.655. The molecule has 1 amide bonds. The number of piperazine rings is 1. The third-order valence-corrected chi connectivity index (χ3v) is 3.87. The minimum atomic E-state index is -0.526. The molecule has 2 heterocycles. The van der Waals surface area contributed by atoms with Crippen LogP contribution in [0.15, 0.2) is 18.3 Å². The zero-order chi connectivity index (χ0) is 20.2. The average molecular weight is 377 g/mol. The molecule has 0 bridgehead atoms. The normalized spacial score (nSPS) is 15.1. The van der Waals surface area contributed by atoms with Crippen molar-refractivity contribution in [2.24, 2.45) is 0 Å². The van der Waals surface area contributed by atoms with Crippen LogP contribution in [0, 0.1) is 10.1 Å². The van der Waals surface area contributed by atoms with Crippen molar-refractivity contribution in [3.05, 3.63) is 34.1 Å². The van der Waals surface area contributed by atoms with Gasteiger partial charge in [-0.3, -0.25) is 10.1 Å². The quantitative estimate of drug-likeness (QED) is 0.588. The highest BCUT2D eigenvalue weighted by molar-refractivity contribution is 5.68. The van der Waals surface area contributed by atoms with E-state index in [4.69, 9.17) is 4.74 Å². The lowest BCUT2D eigenvalue weighted by atomic mass is 10.2. The number of pyridine rings is 1. The molecule has 0 radical (unpaired) electrons. The van der Waals surface area contributed by atoms with Crippen molar-refractivity contribution in [2.45, 2.75) is 26.4 Å². The summed E-state index contributed by atoms with van der Waals surface area (Å²) in [4.78, 5) is 32.9. The first kappa shape index (κ1) is 20.5. The van der Waals surface area contributed by atoms with Gasteiger partial charge in [-0.15, -0.1) is 0 Å². The van der Waals surface area contributed by atoms with Gasteiger partial charge in [-0.25, -0.2) is 9.78 Å². The topological polar surface area (TPSA) is 92.1 Å². The third-order valence-electron chi connectivity index (χ3n) is 3.87. The molecule has 0 aliphatic carbocycles. The molecule has 0 unspecified atom stereocenters. The lowest BCUT2D eigenvalue weighted by Crippen LogP contribution is -2.50. The lowest BCUT2D eigenvalue weighted by molar-refractivity contribution is -0.385. The summed E-state index contributed by atoms with van der Waals surface area (Å²) in [6.07, 6.45) is 3.02. The summed E-state index contributed by atoms with van der Waals surface area (Å²) in [6.45, 7) is 7.70. The smallest absolute Gasteiger partial charge is 0.410 e. The first-order valence-corrected chi connectivity index (χ1v) is 8.80. The van der Waals surface area contributed by atoms with Crippen molar-refractivity contribution in [1.82, 2.24) is 14.8 Å². The molecule has 148 valence electrons. The van der Waals surface area contributed by atoms with Gasteiger partial charge in [0.05, 0.1) is 4.92 Å². The molecule has 2 rings (SSSR count). The molecule has 1 aliphatic heterocycles. The molecule has 0 atom stereocenters. The first-order valence-electron chi connectivity index (χ1n) is 8.80. The number of nitro groups is 1. The molecule has 9 nitrogen and oxygen atoms in total. The maximum Gasteiger partial charge on any atom is 0.410 e. The van der Waals surface area contributed by atoms with Crippen LogP contribution in [0.25, 0.3) is 6.08 Å². The maximum absolute atomic E-state index is 12.2. The van der Waals surface area contributed by atoms with E-state index in [1.54, 1.807) is 28.1 Å². The van der Waals surface area contributed by atoms with Crippen LogP contribution in [0.3, 0.4) is 0 Å². The van der Waals surface area contributed by atoms with Crippen LogP contribution in [0.2, 0.25) is 0 Å². The van der Waals surface area contributed by atoms with Gasteiger partial charge in [0, 0.05) is 52.5 Å². The Hall–Kier alpha value is -2.84. The number of ether oxygens (including phenoxy) is 1. The Balaban J connectivity index is 2.10. The van der Waals surface area contributed by atoms with Gasteiger partial charge in [0.1, 0.15) is 17.1 Å². The highest BCUT2D eigenvalue weighted by Crippen LogP contribution is 2.23. The van der Waals surface area contributed by atoms with Gasteiger partial charge < -0.3 is 19.4 Å². The zero-order valence-corrected chi connectivity index (χ0v) is 16.5. The van der Waals surface area contributed by atoms with E-state index in [2.05, 4.69) is 4.98 Å². The number of hydrogen-bond acceptors (Lipinski definition) is 7. The maximum atomic E-state index is 12.2. The Morgan fingerprint density at radius 1 is 1.26 bits per heavy atom. The minimum Gasteiger partial charge on any atom is -0.444 e. The van der Waals surface area contributed by atoms with Gasteiger partial charge in [-0.2, -0.15) is 0 Å². The SMILES string of the molecule is CN(C)C=Cc1nc(N2CCN(C(=O)OC(C)(C)C)CC2)ccc1[N+](=O)[O-]. The van der Waals surface area contributed by atoms with Crippen LogP contribution in [-0.4, -0.2) is 71.7 Å². The van der Waals surface area contributed by atoms with E-state index in [0.717, 1.165) is 0 Å². The van der Waals surface area contributed by atoms with Gasteiger partial charge in [0.15, 0.2) is 0 Å². The molecule has 1 saturated heterocycles. The fourth-order valence-corrected chi connectivity index (χ4v) is 2.57. The number of anilines is 1. The van der Waals surface area contributed by atoms with Gasteiger partial charge in [-0.05, 0) is 32.9 Å². The summed E-state index contributed by atoms with van der Waals surface area (Å²) >= 11 is 0. The van der Waals surface area contributed by atoms with Crippen molar-refractivity contribution in [3.8, 4) is 0 Å². The predicted octanol–water partition coefficient (Wildman–Crippen LogP) is 2.58. The number of carbonyl (C=O) groups is 1. The molecule has 1 aromatic rings. The van der Waals surface area contributed by atoms with Crippen LogP contribution < -0.4 is 4.90 Å². The Morgan fingerprint density at radius 2 is 1.89 bits per heavy atom. The molecule has 0 N–H and O–H groups in total. The van der Waals surface area contributed by atoms with Crippen LogP contribution in [0.4, 0.5) is 16.3 Å². The number of nitrogens with zero attached hydrogens (tertiary/aromatic N) is 5. The molecule has 1 aliphatic rings. The monoisotopic (exact) mass is 377 g/mol. The van der Waals surface area contributed by atoms with E-state index in [0.29, 0.717) is 37.7 Å². The molecule has 0 saturated carbocycles. The first-order chi connectivity index (χ1) is 12.6. The number of rotatable bonds is 4. The van der Waals surface area contributed by atoms with Crippen molar-refractivity contribution < 1.29 is 14.5 Å². The second-order valence-corrected chi connectivity index (χ2v) is 7.56. The summed E-state index contributed by atoms with van der Waals surface area (Å²) < 4.78 is 5.40. The van der Waals surface area contributed by atoms with Crippen molar-refractivity contribution >= 4 is 23.7 Å². The molecule has 0 aromatic carbocycles. The summed E-state index contributed by atoms with van der Waals surface area (Å²) in [6, 6.07) is 3.12. The Morgan fingerprint density at radius 3 is 2.41 bits per heavy atom. The van der Waals surface area contributed by atoms with E-state index >= 15 is 0 Å². The fourth-order valence-electron chi connectivity index (χ4n) is 2.57. The molecule has 0 spiro atoms. The second-order valence-electron chi connectivity index (χ2n) is 7.56. The van der Waals surface area contributed by atoms with Gasteiger partial charge in [-0.1, -0.05) is 0 Å².